The fraction of sp³-hybridized carbons (Fsp3) is 0.410. The normalized spacial score (nSPS) is 11.9. The molecule has 0 spiro atoms. The summed E-state index contributed by atoms with van der Waals surface area (Å²) < 4.78 is 11.7. The lowest BCUT2D eigenvalue weighted by Crippen LogP contribution is -2.08. The molecule has 1 unspecified atom stereocenters. The Morgan fingerprint density at radius 3 is 2.00 bits per heavy atom. The first-order valence-corrected chi connectivity index (χ1v) is 17.4. The lowest BCUT2D eigenvalue weighted by atomic mass is 9.99. The number of ether oxygens (including phenoxy) is 2. The molecule has 0 aliphatic heterocycles. The van der Waals surface area contributed by atoms with E-state index in [0.29, 0.717) is 17.2 Å². The summed E-state index contributed by atoms with van der Waals surface area (Å²) in [4.78, 5) is 12.9. The quantitative estimate of drug-likeness (QED) is 0.0650. The molecule has 1 atom stereocenters. The summed E-state index contributed by atoms with van der Waals surface area (Å²) >= 11 is 2.00. The molecule has 0 N–H and O–H groups in total. The van der Waals surface area contributed by atoms with Crippen molar-refractivity contribution >= 4 is 28.5 Å². The molecule has 0 bridgehead atoms. The fourth-order valence-corrected chi connectivity index (χ4v) is 6.13. The summed E-state index contributed by atoms with van der Waals surface area (Å²) in [5, 5.41) is 2.24. The molecule has 0 heterocycles. The second kappa shape index (κ2) is 17.8. The molecule has 0 amide bonds. The van der Waals surface area contributed by atoms with Crippen LogP contribution < -0.4 is 9.47 Å². The number of unbranched alkanes of at least 4 members (excludes halogenated alkanes) is 7. The Labute approximate surface area is 263 Å². The van der Waals surface area contributed by atoms with Crippen LogP contribution in [0.4, 0.5) is 0 Å². The lowest BCUT2D eigenvalue weighted by molar-refractivity contribution is 0.0735. The Hall–Kier alpha value is -3.24. The molecule has 4 heteroatoms. The van der Waals surface area contributed by atoms with Gasteiger partial charge in [0.1, 0.15) is 11.5 Å². The zero-order valence-electron chi connectivity index (χ0n) is 26.3. The average molecular weight is 597 g/mol. The first-order valence-electron chi connectivity index (χ1n) is 16.2. The summed E-state index contributed by atoms with van der Waals surface area (Å²) in [5.41, 5.74) is 4.02. The van der Waals surface area contributed by atoms with E-state index in [2.05, 4.69) is 51.1 Å². The van der Waals surface area contributed by atoms with Gasteiger partial charge < -0.3 is 9.47 Å². The molecule has 0 saturated carbocycles. The van der Waals surface area contributed by atoms with Gasteiger partial charge >= 0.3 is 5.97 Å². The van der Waals surface area contributed by atoms with Crippen LogP contribution in [-0.4, -0.2) is 24.1 Å². The van der Waals surface area contributed by atoms with Gasteiger partial charge in [0.2, 0.25) is 0 Å². The van der Waals surface area contributed by atoms with Gasteiger partial charge in [0.05, 0.1) is 12.2 Å². The predicted octanol–water partition coefficient (Wildman–Crippen LogP) is 11.2. The van der Waals surface area contributed by atoms with E-state index in [1.807, 2.05) is 66.4 Å². The molecular formula is C39H48O3S. The number of carbonyl (C=O) groups is 1. The Kier molecular flexibility index (Phi) is 13.5. The first-order chi connectivity index (χ1) is 21.1. The number of thioether (sulfide) groups is 1. The van der Waals surface area contributed by atoms with Crippen molar-refractivity contribution in [1.29, 1.82) is 0 Å². The second-order valence-electron chi connectivity index (χ2n) is 11.6. The van der Waals surface area contributed by atoms with Crippen LogP contribution in [0.1, 0.15) is 88.1 Å². The standard InChI is InChI=1S/C39H48O3S/c1-4-6-7-8-9-10-11-12-25-41-37-22-19-33(20-23-37)32-15-17-34(18-16-32)39(40)42-38-24-21-35-27-31(13-14-36(35)28-38)26-30(3)29-43-5-2/h13-24,27-28,30H,4-12,25-26,29H2,1-3H3. The second-order valence-corrected chi connectivity index (χ2v) is 12.9. The predicted molar refractivity (Wildman–Crippen MR) is 185 cm³/mol. The highest BCUT2D eigenvalue weighted by Crippen LogP contribution is 2.26. The lowest BCUT2D eigenvalue weighted by Gasteiger charge is -2.12. The van der Waals surface area contributed by atoms with Crippen LogP contribution in [0.25, 0.3) is 21.9 Å². The fourth-order valence-electron chi connectivity index (χ4n) is 5.38. The SMILES string of the molecule is CCCCCCCCCCOc1ccc(-c2ccc(C(=O)Oc3ccc4cc(CC(C)CSCC)ccc4c3)cc2)cc1. The first kappa shape index (κ1) is 32.7. The number of esters is 1. The summed E-state index contributed by atoms with van der Waals surface area (Å²) in [6.07, 6.45) is 11.5. The van der Waals surface area contributed by atoms with Gasteiger partial charge in [0.25, 0.3) is 0 Å². The van der Waals surface area contributed by atoms with Gasteiger partial charge in [0, 0.05) is 0 Å². The van der Waals surface area contributed by atoms with Crippen molar-refractivity contribution in [2.45, 2.75) is 78.6 Å². The van der Waals surface area contributed by atoms with Gasteiger partial charge in [-0.2, -0.15) is 11.8 Å². The van der Waals surface area contributed by atoms with Crippen LogP contribution in [0.15, 0.2) is 84.9 Å². The Bertz CT molecular complexity index is 1390. The molecule has 0 aliphatic rings. The molecule has 0 fully saturated rings. The van der Waals surface area contributed by atoms with Crippen LogP contribution in [0.5, 0.6) is 11.5 Å². The molecular weight excluding hydrogens is 548 g/mol. The highest BCUT2D eigenvalue weighted by atomic mass is 32.2. The molecule has 4 aromatic rings. The molecule has 4 rings (SSSR count). The van der Waals surface area contributed by atoms with E-state index in [4.69, 9.17) is 9.47 Å². The van der Waals surface area contributed by atoms with Crippen LogP contribution >= 0.6 is 11.8 Å². The van der Waals surface area contributed by atoms with Crippen molar-refractivity contribution in [3.63, 3.8) is 0 Å². The largest absolute Gasteiger partial charge is 0.494 e. The molecule has 43 heavy (non-hydrogen) atoms. The Morgan fingerprint density at radius 1 is 0.698 bits per heavy atom. The molecule has 228 valence electrons. The third-order valence-corrected chi connectivity index (χ3v) is 9.07. The van der Waals surface area contributed by atoms with E-state index >= 15 is 0 Å². The number of rotatable bonds is 18. The van der Waals surface area contributed by atoms with Crippen LogP contribution in [0, 0.1) is 5.92 Å². The highest BCUT2D eigenvalue weighted by molar-refractivity contribution is 7.99. The molecule has 4 aromatic carbocycles. The minimum absolute atomic E-state index is 0.352. The molecule has 0 aromatic heterocycles. The third-order valence-electron chi connectivity index (χ3n) is 7.85. The highest BCUT2D eigenvalue weighted by Gasteiger charge is 2.11. The minimum atomic E-state index is -0.352. The van der Waals surface area contributed by atoms with Crippen molar-refractivity contribution in [2.24, 2.45) is 5.92 Å². The average Bonchev–Trinajstić information content (AvgIpc) is 3.03. The third kappa shape index (κ3) is 10.8. The van der Waals surface area contributed by atoms with Gasteiger partial charge in [0.15, 0.2) is 0 Å². The van der Waals surface area contributed by atoms with E-state index in [-0.39, 0.29) is 5.97 Å². The molecule has 0 radical (unpaired) electrons. The maximum Gasteiger partial charge on any atom is 0.343 e. The van der Waals surface area contributed by atoms with E-state index in [1.54, 1.807) is 0 Å². The van der Waals surface area contributed by atoms with E-state index < -0.39 is 0 Å². The van der Waals surface area contributed by atoms with E-state index in [9.17, 15) is 4.79 Å². The van der Waals surface area contributed by atoms with Crippen LogP contribution in [0.2, 0.25) is 0 Å². The van der Waals surface area contributed by atoms with Crippen molar-refractivity contribution < 1.29 is 14.3 Å². The van der Waals surface area contributed by atoms with Gasteiger partial charge in [-0.25, -0.2) is 4.79 Å². The summed E-state index contributed by atoms with van der Waals surface area (Å²) in [5.74, 6) is 4.11. The number of carbonyl (C=O) groups excluding carboxylic acids is 1. The maximum atomic E-state index is 12.9. The van der Waals surface area contributed by atoms with Crippen molar-refractivity contribution in [1.82, 2.24) is 0 Å². The zero-order valence-corrected chi connectivity index (χ0v) is 27.1. The van der Waals surface area contributed by atoms with Crippen LogP contribution in [-0.2, 0) is 6.42 Å². The number of fused-ring (bicyclic) bond motifs is 1. The topological polar surface area (TPSA) is 35.5 Å². The molecule has 0 saturated heterocycles. The zero-order chi connectivity index (χ0) is 30.3. The van der Waals surface area contributed by atoms with Gasteiger partial charge in [-0.05, 0) is 94.1 Å². The van der Waals surface area contributed by atoms with Crippen LogP contribution in [0.3, 0.4) is 0 Å². The monoisotopic (exact) mass is 596 g/mol. The minimum Gasteiger partial charge on any atom is -0.494 e. The number of benzene rings is 4. The number of hydrogen-bond donors (Lipinski definition) is 0. The summed E-state index contributed by atoms with van der Waals surface area (Å²) in [6.45, 7) is 7.55. The summed E-state index contributed by atoms with van der Waals surface area (Å²) in [7, 11) is 0. The van der Waals surface area contributed by atoms with Gasteiger partial charge in [-0.3, -0.25) is 0 Å². The van der Waals surface area contributed by atoms with Crippen molar-refractivity contribution in [3.8, 4) is 22.6 Å². The number of hydrogen-bond acceptors (Lipinski definition) is 4. The Balaban J connectivity index is 1.24. The van der Waals surface area contributed by atoms with E-state index in [1.165, 1.54) is 61.6 Å². The smallest absolute Gasteiger partial charge is 0.343 e. The van der Waals surface area contributed by atoms with Crippen molar-refractivity contribution in [2.75, 3.05) is 18.1 Å². The van der Waals surface area contributed by atoms with Crippen molar-refractivity contribution in [3.05, 3.63) is 96.1 Å². The maximum absolute atomic E-state index is 12.9. The van der Waals surface area contributed by atoms with Gasteiger partial charge in [-0.1, -0.05) is 114 Å². The van der Waals surface area contributed by atoms with Gasteiger partial charge in [-0.15, -0.1) is 0 Å². The molecule has 3 nitrogen and oxygen atoms in total. The molecule has 0 aliphatic carbocycles. The summed E-state index contributed by atoms with van der Waals surface area (Å²) in [6, 6.07) is 28.2. The Morgan fingerprint density at radius 2 is 1.30 bits per heavy atom. The van der Waals surface area contributed by atoms with E-state index in [0.717, 1.165) is 47.5 Å².